The zero-order valence-corrected chi connectivity index (χ0v) is 11.9. The van der Waals surface area contributed by atoms with Crippen LogP contribution in [0.4, 0.5) is 5.13 Å². The number of carboxylic acids is 1. The van der Waals surface area contributed by atoms with Gasteiger partial charge in [-0.15, -0.1) is 0 Å². The molecule has 0 saturated carbocycles. The van der Waals surface area contributed by atoms with Gasteiger partial charge in [-0.05, 0) is 18.2 Å². The van der Waals surface area contributed by atoms with Crippen LogP contribution in [0.1, 0.15) is 10.4 Å². The molecule has 0 saturated heterocycles. The number of aromatic amines is 1. The average Bonchev–Trinajstić information content (AvgIpc) is 3.06. The second-order valence-corrected chi connectivity index (χ2v) is 6.71. The van der Waals surface area contributed by atoms with Crippen molar-refractivity contribution in [2.24, 2.45) is 0 Å². The molecule has 0 amide bonds. The van der Waals surface area contributed by atoms with E-state index in [1.807, 2.05) is 0 Å². The lowest BCUT2D eigenvalue weighted by atomic mass is 10.2. The van der Waals surface area contributed by atoms with Crippen molar-refractivity contribution >= 4 is 42.7 Å². The summed E-state index contributed by atoms with van der Waals surface area (Å²) in [6.07, 6.45) is 2.43. The number of sulfonamides is 1. The number of fused-ring (bicyclic) bond motifs is 1. The summed E-state index contributed by atoms with van der Waals surface area (Å²) in [7, 11) is -3.78. The lowest BCUT2D eigenvalue weighted by Crippen LogP contribution is -2.12. The Morgan fingerprint density at radius 1 is 1.38 bits per heavy atom. The standard InChI is InChI=1S/C11H8N4O4S2/c16-10(17)6-1-2-7-8(3-6)20-11(14-7)15-21(18,19)9-4-12-5-13-9/h1-5H,(H,12,13)(H,14,15)(H,16,17). The van der Waals surface area contributed by atoms with Crippen LogP contribution in [0.2, 0.25) is 0 Å². The van der Waals surface area contributed by atoms with Gasteiger partial charge in [0.1, 0.15) is 0 Å². The van der Waals surface area contributed by atoms with Crippen LogP contribution < -0.4 is 4.72 Å². The first kappa shape index (κ1) is 13.5. The third-order valence-electron chi connectivity index (χ3n) is 2.62. The van der Waals surface area contributed by atoms with Crippen molar-refractivity contribution in [1.29, 1.82) is 0 Å². The fraction of sp³-hybridized carbons (Fsp3) is 0. The van der Waals surface area contributed by atoms with Gasteiger partial charge in [0.2, 0.25) is 0 Å². The van der Waals surface area contributed by atoms with E-state index < -0.39 is 16.0 Å². The average molecular weight is 324 g/mol. The molecule has 0 aliphatic heterocycles. The zero-order valence-electron chi connectivity index (χ0n) is 10.3. The minimum atomic E-state index is -3.78. The van der Waals surface area contributed by atoms with Crippen LogP contribution >= 0.6 is 11.3 Å². The van der Waals surface area contributed by atoms with Gasteiger partial charge >= 0.3 is 5.97 Å². The summed E-state index contributed by atoms with van der Waals surface area (Å²) in [6.45, 7) is 0. The SMILES string of the molecule is O=C(O)c1ccc2nc(NS(=O)(=O)c3cnc[nH]3)sc2c1. The Bertz CT molecular complexity index is 915. The Hall–Kier alpha value is -2.46. The van der Waals surface area contributed by atoms with Crippen molar-refractivity contribution < 1.29 is 18.3 Å². The summed E-state index contributed by atoms with van der Waals surface area (Å²) in [5.41, 5.74) is 0.640. The van der Waals surface area contributed by atoms with Gasteiger partial charge in [-0.2, -0.15) is 8.42 Å². The smallest absolute Gasteiger partial charge is 0.335 e. The summed E-state index contributed by atoms with van der Waals surface area (Å²) in [4.78, 5) is 21.1. The van der Waals surface area contributed by atoms with Crippen LogP contribution in [-0.2, 0) is 10.0 Å². The molecule has 0 aliphatic rings. The number of thiazole rings is 1. The number of nitrogens with one attached hydrogen (secondary N) is 2. The number of nitrogens with zero attached hydrogens (tertiary/aromatic N) is 2. The number of imidazole rings is 1. The molecule has 0 unspecified atom stereocenters. The monoisotopic (exact) mass is 324 g/mol. The minimum Gasteiger partial charge on any atom is -0.478 e. The van der Waals surface area contributed by atoms with E-state index >= 15 is 0 Å². The van der Waals surface area contributed by atoms with Crippen LogP contribution in [-0.4, -0.2) is 34.4 Å². The fourth-order valence-corrected chi connectivity index (χ4v) is 3.71. The molecule has 3 aromatic rings. The summed E-state index contributed by atoms with van der Waals surface area (Å²) >= 11 is 1.05. The van der Waals surface area contributed by atoms with Crippen LogP contribution in [0.3, 0.4) is 0 Å². The Morgan fingerprint density at radius 2 is 2.19 bits per heavy atom. The molecule has 2 heterocycles. The number of carbonyl (C=O) groups is 1. The number of aromatic nitrogens is 3. The molecule has 0 atom stereocenters. The first-order valence-corrected chi connectivity index (χ1v) is 7.91. The van der Waals surface area contributed by atoms with Gasteiger partial charge in [0, 0.05) is 0 Å². The van der Waals surface area contributed by atoms with Crippen molar-refractivity contribution in [3.8, 4) is 0 Å². The highest BCUT2D eigenvalue weighted by Gasteiger charge is 2.18. The summed E-state index contributed by atoms with van der Waals surface area (Å²) in [5.74, 6) is -1.05. The van der Waals surface area contributed by atoms with Crippen molar-refractivity contribution in [3.05, 3.63) is 36.3 Å². The fourth-order valence-electron chi connectivity index (χ4n) is 1.66. The maximum atomic E-state index is 12.0. The van der Waals surface area contributed by atoms with Gasteiger partial charge in [-0.3, -0.25) is 4.72 Å². The number of anilines is 1. The highest BCUT2D eigenvalue weighted by atomic mass is 32.2. The lowest BCUT2D eigenvalue weighted by molar-refractivity contribution is 0.0697. The predicted molar refractivity (Wildman–Crippen MR) is 76.0 cm³/mol. The van der Waals surface area contributed by atoms with E-state index in [2.05, 4.69) is 19.7 Å². The highest BCUT2D eigenvalue weighted by molar-refractivity contribution is 7.92. The lowest BCUT2D eigenvalue weighted by Gasteiger charge is -2.00. The van der Waals surface area contributed by atoms with E-state index in [1.165, 1.54) is 30.7 Å². The maximum absolute atomic E-state index is 12.0. The number of H-pyrrole nitrogens is 1. The molecule has 21 heavy (non-hydrogen) atoms. The number of hydrogen-bond donors (Lipinski definition) is 3. The Labute approximate surface area is 122 Å². The first-order valence-electron chi connectivity index (χ1n) is 5.61. The number of hydrogen-bond acceptors (Lipinski definition) is 6. The normalized spacial score (nSPS) is 11.6. The molecule has 108 valence electrons. The second-order valence-electron chi connectivity index (χ2n) is 4.03. The van der Waals surface area contributed by atoms with Crippen LogP contribution in [0, 0.1) is 0 Å². The quantitative estimate of drug-likeness (QED) is 0.668. The number of carboxylic acid groups (broad SMARTS) is 1. The molecule has 3 rings (SSSR count). The third-order valence-corrected chi connectivity index (χ3v) is 4.95. The molecule has 0 spiro atoms. The Kier molecular flexibility index (Phi) is 3.11. The molecule has 0 fully saturated rings. The Morgan fingerprint density at radius 3 is 2.86 bits per heavy atom. The van der Waals surface area contributed by atoms with Gasteiger partial charge < -0.3 is 10.1 Å². The van der Waals surface area contributed by atoms with E-state index in [0.717, 1.165) is 11.3 Å². The van der Waals surface area contributed by atoms with E-state index in [0.29, 0.717) is 10.2 Å². The molecule has 8 nitrogen and oxygen atoms in total. The van der Waals surface area contributed by atoms with Gasteiger partial charge in [0.25, 0.3) is 10.0 Å². The highest BCUT2D eigenvalue weighted by Crippen LogP contribution is 2.28. The van der Waals surface area contributed by atoms with E-state index in [4.69, 9.17) is 5.11 Å². The predicted octanol–water partition coefficient (Wildman–Crippen LogP) is 1.52. The minimum absolute atomic E-state index is 0.0759. The van der Waals surface area contributed by atoms with Crippen molar-refractivity contribution in [3.63, 3.8) is 0 Å². The largest absolute Gasteiger partial charge is 0.478 e. The third kappa shape index (κ3) is 2.58. The van der Waals surface area contributed by atoms with Gasteiger partial charge in [0.15, 0.2) is 10.2 Å². The molecule has 0 radical (unpaired) electrons. The maximum Gasteiger partial charge on any atom is 0.335 e. The van der Waals surface area contributed by atoms with Crippen molar-refractivity contribution in [2.45, 2.75) is 5.03 Å². The topological polar surface area (TPSA) is 125 Å². The van der Waals surface area contributed by atoms with Crippen molar-refractivity contribution in [2.75, 3.05) is 4.72 Å². The molecular weight excluding hydrogens is 316 g/mol. The molecule has 3 N–H and O–H groups in total. The molecule has 10 heteroatoms. The molecule has 2 aromatic heterocycles. The summed E-state index contributed by atoms with van der Waals surface area (Å²) < 4.78 is 26.9. The number of aromatic carboxylic acids is 1. The van der Waals surface area contributed by atoms with Crippen LogP contribution in [0.5, 0.6) is 0 Å². The summed E-state index contributed by atoms with van der Waals surface area (Å²) in [6, 6.07) is 4.39. The van der Waals surface area contributed by atoms with E-state index in [9.17, 15) is 13.2 Å². The molecule has 1 aromatic carbocycles. The Balaban J connectivity index is 1.97. The molecule has 0 aliphatic carbocycles. The van der Waals surface area contributed by atoms with Crippen LogP contribution in [0.15, 0.2) is 35.7 Å². The van der Waals surface area contributed by atoms with Gasteiger partial charge in [0.05, 0.1) is 28.3 Å². The van der Waals surface area contributed by atoms with Crippen LogP contribution in [0.25, 0.3) is 10.2 Å². The van der Waals surface area contributed by atoms with Crippen molar-refractivity contribution in [1.82, 2.24) is 15.0 Å². The number of rotatable bonds is 4. The molecular formula is C11H8N4O4S2. The second kappa shape index (κ2) is 4.82. The number of benzene rings is 1. The zero-order chi connectivity index (χ0) is 15.0. The summed E-state index contributed by atoms with van der Waals surface area (Å²) in [5, 5.41) is 9.00. The first-order chi connectivity index (χ1) is 9.95. The van der Waals surface area contributed by atoms with Gasteiger partial charge in [-0.25, -0.2) is 14.8 Å². The van der Waals surface area contributed by atoms with E-state index in [-0.39, 0.29) is 15.7 Å². The van der Waals surface area contributed by atoms with E-state index in [1.54, 1.807) is 0 Å². The van der Waals surface area contributed by atoms with Gasteiger partial charge in [-0.1, -0.05) is 11.3 Å². The molecule has 0 bridgehead atoms.